The number of phenols is 1. The van der Waals surface area contributed by atoms with Gasteiger partial charge in [-0.1, -0.05) is 84.9 Å². The van der Waals surface area contributed by atoms with E-state index in [1.54, 1.807) is 54.6 Å². The number of hydrogen-bond acceptors (Lipinski definition) is 9. The van der Waals surface area contributed by atoms with E-state index in [9.17, 15) is 24.8 Å². The second-order valence-corrected chi connectivity index (χ2v) is 15.7. The Hall–Kier alpha value is -6.65. The van der Waals surface area contributed by atoms with E-state index in [4.69, 9.17) is 4.74 Å². The van der Waals surface area contributed by atoms with Crippen LogP contribution in [0, 0.1) is 11.3 Å². The molecule has 1 unspecified atom stereocenters. The quantitative estimate of drug-likeness (QED) is 0.0670. The normalized spacial score (nSPS) is 13.1. The van der Waals surface area contributed by atoms with E-state index in [2.05, 4.69) is 39.1 Å². The molecule has 0 fully saturated rings. The third kappa shape index (κ3) is 9.65. The number of anilines is 2. The fourth-order valence-electron chi connectivity index (χ4n) is 6.62. The number of phenolic OH excluding ortho intramolecular Hbond substituents is 1. The van der Waals surface area contributed by atoms with Crippen molar-refractivity contribution >= 4 is 57.6 Å². The molecule has 4 N–H and O–H groups in total. The predicted molar refractivity (Wildman–Crippen MR) is 229 cm³/mol. The Morgan fingerprint density at radius 2 is 1.64 bits per heavy atom. The molecule has 0 saturated heterocycles. The monoisotopic (exact) mass is 805 g/mol. The standard InChI is InChI=1S/C46H39N5O5S2/c1-56-40-26-35(52)21-20-33(40)24-39(49-43(53)32-16-9-4-10-17-32)44(54)48-34-18-11-19-36(25-34)57-42(31-14-7-3-8-15-31)45(55)50-46-38(27-47)37-22-23-51(29-41(37)58-46)28-30-12-5-2-6-13-30/h2-21,24-26,42,52H,22-23,28-29H2,1H3,(H,48,54)(H,49,53)(H,50,55)/b39-24+. The number of thiophene rings is 1. The molecular weight excluding hydrogens is 767 g/mol. The van der Waals surface area contributed by atoms with Gasteiger partial charge >= 0.3 is 0 Å². The Labute approximate surface area is 344 Å². The van der Waals surface area contributed by atoms with Gasteiger partial charge < -0.3 is 25.8 Å². The number of nitrogens with zero attached hydrogens (tertiary/aromatic N) is 2. The number of carbonyl (C=O) groups excluding carboxylic acids is 3. The summed E-state index contributed by atoms with van der Waals surface area (Å²) in [6, 6.07) is 42.1. The minimum absolute atomic E-state index is 0.0176. The number of thioether (sulfide) groups is 1. The van der Waals surface area contributed by atoms with Crippen molar-refractivity contribution < 1.29 is 24.2 Å². The molecule has 1 aromatic heterocycles. The second kappa shape index (κ2) is 18.5. The molecule has 1 aliphatic rings. The van der Waals surface area contributed by atoms with E-state index in [1.165, 1.54) is 54.0 Å². The Balaban J connectivity index is 1.11. The highest BCUT2D eigenvalue weighted by atomic mass is 32.2. The van der Waals surface area contributed by atoms with Gasteiger partial charge in [-0.3, -0.25) is 19.3 Å². The zero-order chi connectivity index (χ0) is 40.4. The van der Waals surface area contributed by atoms with Gasteiger partial charge in [-0.2, -0.15) is 5.26 Å². The predicted octanol–water partition coefficient (Wildman–Crippen LogP) is 8.77. The zero-order valence-corrected chi connectivity index (χ0v) is 33.1. The number of nitrogens with one attached hydrogen (secondary N) is 3. The Bertz CT molecular complexity index is 2500. The lowest BCUT2D eigenvalue weighted by Crippen LogP contribution is -2.30. The number of fused-ring (bicyclic) bond motifs is 1. The summed E-state index contributed by atoms with van der Waals surface area (Å²) in [6.07, 6.45) is 2.20. The van der Waals surface area contributed by atoms with Crippen LogP contribution in [0.5, 0.6) is 11.5 Å². The van der Waals surface area contributed by atoms with Gasteiger partial charge in [-0.25, -0.2) is 0 Å². The number of aromatic hydroxyl groups is 1. The SMILES string of the molecule is COc1cc(O)ccc1/C=C(/NC(=O)c1ccccc1)C(=O)Nc1cccc(SC(C(=O)Nc2sc3c(c2C#N)CCN(Cc2ccccc2)C3)c2ccccc2)c1. The van der Waals surface area contributed by atoms with E-state index in [0.717, 1.165) is 35.5 Å². The molecule has 0 aliphatic carbocycles. The van der Waals surface area contributed by atoms with Gasteiger partial charge in [0.1, 0.15) is 33.5 Å². The molecule has 12 heteroatoms. The van der Waals surface area contributed by atoms with Gasteiger partial charge in [0.25, 0.3) is 11.8 Å². The van der Waals surface area contributed by atoms with Gasteiger partial charge in [0.2, 0.25) is 5.91 Å². The first-order chi connectivity index (χ1) is 28.3. The average Bonchev–Trinajstić information content (AvgIpc) is 3.59. The average molecular weight is 806 g/mol. The van der Waals surface area contributed by atoms with Crippen molar-refractivity contribution in [2.24, 2.45) is 0 Å². The fourth-order valence-corrected chi connectivity index (χ4v) is 8.94. The maximum absolute atomic E-state index is 14.2. The van der Waals surface area contributed by atoms with Crippen molar-refractivity contribution in [1.29, 1.82) is 5.26 Å². The van der Waals surface area contributed by atoms with Gasteiger partial charge in [0, 0.05) is 52.3 Å². The van der Waals surface area contributed by atoms with Crippen LogP contribution in [0.1, 0.15) is 48.3 Å². The van der Waals surface area contributed by atoms with Crippen molar-refractivity contribution in [3.63, 3.8) is 0 Å². The number of carbonyl (C=O) groups is 3. The van der Waals surface area contributed by atoms with Crippen LogP contribution in [-0.2, 0) is 29.1 Å². The first kappa shape index (κ1) is 39.6. The summed E-state index contributed by atoms with van der Waals surface area (Å²) in [7, 11) is 1.44. The van der Waals surface area contributed by atoms with Crippen molar-refractivity contribution in [3.8, 4) is 17.6 Å². The van der Waals surface area contributed by atoms with Crippen LogP contribution in [-0.4, -0.2) is 41.4 Å². The lowest BCUT2D eigenvalue weighted by Gasteiger charge is -2.26. The van der Waals surface area contributed by atoms with Crippen molar-refractivity contribution in [1.82, 2.24) is 10.2 Å². The largest absolute Gasteiger partial charge is 0.508 e. The summed E-state index contributed by atoms with van der Waals surface area (Å²) in [6.45, 7) is 2.32. The van der Waals surface area contributed by atoms with Gasteiger partial charge in [0.05, 0.1) is 12.7 Å². The minimum atomic E-state index is -0.699. The summed E-state index contributed by atoms with van der Waals surface area (Å²) >= 11 is 2.77. The third-order valence-corrected chi connectivity index (χ3v) is 11.8. The molecule has 0 radical (unpaired) electrons. The molecule has 1 aliphatic heterocycles. The smallest absolute Gasteiger partial charge is 0.272 e. The molecule has 1 atom stereocenters. The molecule has 7 rings (SSSR count). The fraction of sp³-hybridized carbons (Fsp3) is 0.130. The number of ether oxygens (including phenoxy) is 1. The first-order valence-electron chi connectivity index (χ1n) is 18.5. The summed E-state index contributed by atoms with van der Waals surface area (Å²) in [5.41, 5.74) is 4.69. The van der Waals surface area contributed by atoms with Crippen LogP contribution in [0.3, 0.4) is 0 Å². The summed E-state index contributed by atoms with van der Waals surface area (Å²) in [5.74, 6) is -1.09. The van der Waals surface area contributed by atoms with Crippen LogP contribution < -0.4 is 20.7 Å². The first-order valence-corrected chi connectivity index (χ1v) is 20.2. The number of hydrogen-bond donors (Lipinski definition) is 4. The molecule has 290 valence electrons. The van der Waals surface area contributed by atoms with E-state index in [1.807, 2.05) is 54.6 Å². The van der Waals surface area contributed by atoms with E-state index in [-0.39, 0.29) is 17.4 Å². The number of nitriles is 1. The molecule has 10 nitrogen and oxygen atoms in total. The lowest BCUT2D eigenvalue weighted by atomic mass is 10.0. The van der Waals surface area contributed by atoms with E-state index in [0.29, 0.717) is 44.6 Å². The van der Waals surface area contributed by atoms with E-state index >= 15 is 0 Å². The summed E-state index contributed by atoms with van der Waals surface area (Å²) < 4.78 is 5.42. The number of amides is 3. The minimum Gasteiger partial charge on any atom is -0.508 e. The van der Waals surface area contributed by atoms with Crippen molar-refractivity contribution in [2.75, 3.05) is 24.3 Å². The molecular formula is C46H39N5O5S2. The van der Waals surface area contributed by atoms with Crippen molar-refractivity contribution in [3.05, 3.63) is 177 Å². The topological polar surface area (TPSA) is 144 Å². The highest BCUT2D eigenvalue weighted by molar-refractivity contribution is 8.00. The number of methoxy groups -OCH3 is 1. The van der Waals surface area contributed by atoms with Gasteiger partial charge in [-0.05, 0) is 71.7 Å². The summed E-state index contributed by atoms with van der Waals surface area (Å²) in [5, 5.41) is 28.8. The zero-order valence-electron chi connectivity index (χ0n) is 31.5. The third-order valence-electron chi connectivity index (χ3n) is 9.47. The molecule has 6 aromatic rings. The van der Waals surface area contributed by atoms with E-state index < -0.39 is 17.1 Å². The molecule has 0 spiro atoms. The van der Waals surface area contributed by atoms with Crippen LogP contribution in [0.2, 0.25) is 0 Å². The maximum atomic E-state index is 14.2. The van der Waals surface area contributed by atoms with Crippen LogP contribution in [0.4, 0.5) is 10.7 Å². The Morgan fingerprint density at radius 3 is 2.36 bits per heavy atom. The van der Waals surface area contributed by atoms with Crippen LogP contribution in [0.25, 0.3) is 6.08 Å². The number of benzene rings is 5. The lowest BCUT2D eigenvalue weighted by molar-refractivity contribution is -0.116. The molecule has 0 saturated carbocycles. The molecule has 58 heavy (non-hydrogen) atoms. The Morgan fingerprint density at radius 1 is 0.914 bits per heavy atom. The maximum Gasteiger partial charge on any atom is 0.272 e. The molecule has 5 aromatic carbocycles. The van der Waals surface area contributed by atoms with Crippen LogP contribution >= 0.6 is 23.1 Å². The van der Waals surface area contributed by atoms with Crippen LogP contribution in [0.15, 0.2) is 144 Å². The highest BCUT2D eigenvalue weighted by Crippen LogP contribution is 2.41. The highest BCUT2D eigenvalue weighted by Gasteiger charge is 2.29. The summed E-state index contributed by atoms with van der Waals surface area (Å²) in [4.78, 5) is 45.5. The van der Waals surface area contributed by atoms with Crippen molar-refractivity contribution in [2.45, 2.75) is 29.7 Å². The molecule has 3 amide bonds. The Kier molecular flexibility index (Phi) is 12.6. The van der Waals surface area contributed by atoms with Gasteiger partial charge in [-0.15, -0.1) is 23.1 Å². The molecule has 2 heterocycles. The molecule has 0 bridgehead atoms. The number of rotatable bonds is 13. The second-order valence-electron chi connectivity index (χ2n) is 13.5. The van der Waals surface area contributed by atoms with Gasteiger partial charge in [0.15, 0.2) is 0 Å².